The Morgan fingerprint density at radius 3 is 3.00 bits per heavy atom. The standard InChI is InChI=1S/C15H19ClN2O2/c1-10(2)18-7-3-6-15(9-18)12-8-11(16)4-5-13(12)17-14(19)20-15/h4-5,8,10H,3,6-7,9H2,1-2H3,(H,17,19). The second-order valence-corrected chi connectivity index (χ2v) is 6.30. The minimum Gasteiger partial charge on any atom is -0.436 e. The number of carbonyl (C=O) groups excluding carboxylic acids is 1. The minimum atomic E-state index is -0.564. The maximum Gasteiger partial charge on any atom is 0.412 e. The van der Waals surface area contributed by atoms with Gasteiger partial charge >= 0.3 is 6.09 Å². The van der Waals surface area contributed by atoms with E-state index in [4.69, 9.17) is 16.3 Å². The Balaban J connectivity index is 2.04. The van der Waals surface area contributed by atoms with E-state index in [2.05, 4.69) is 24.1 Å². The van der Waals surface area contributed by atoms with Crippen molar-refractivity contribution in [2.24, 2.45) is 0 Å². The molecule has 1 atom stereocenters. The third-order valence-electron chi connectivity index (χ3n) is 4.21. The zero-order valence-electron chi connectivity index (χ0n) is 11.8. The van der Waals surface area contributed by atoms with Gasteiger partial charge in [-0.3, -0.25) is 10.2 Å². The Bertz CT molecular complexity index is 547. The van der Waals surface area contributed by atoms with E-state index in [1.54, 1.807) is 6.07 Å². The summed E-state index contributed by atoms with van der Waals surface area (Å²) in [5.41, 5.74) is 1.25. The molecule has 1 unspecified atom stereocenters. The van der Waals surface area contributed by atoms with E-state index in [9.17, 15) is 4.79 Å². The summed E-state index contributed by atoms with van der Waals surface area (Å²) >= 11 is 6.13. The molecule has 0 aromatic heterocycles. The van der Waals surface area contributed by atoms with Crippen LogP contribution in [-0.4, -0.2) is 30.1 Å². The predicted octanol–water partition coefficient (Wildman–Crippen LogP) is 3.60. The summed E-state index contributed by atoms with van der Waals surface area (Å²) in [7, 11) is 0. The zero-order valence-corrected chi connectivity index (χ0v) is 12.5. The third-order valence-corrected chi connectivity index (χ3v) is 4.45. The fourth-order valence-electron chi connectivity index (χ4n) is 3.17. The summed E-state index contributed by atoms with van der Waals surface area (Å²) in [5.74, 6) is 0. The van der Waals surface area contributed by atoms with Gasteiger partial charge in [0, 0.05) is 23.2 Å². The van der Waals surface area contributed by atoms with Crippen LogP contribution >= 0.6 is 11.6 Å². The quantitative estimate of drug-likeness (QED) is 0.860. The van der Waals surface area contributed by atoms with Crippen molar-refractivity contribution in [3.05, 3.63) is 28.8 Å². The molecule has 0 aliphatic carbocycles. The average Bonchev–Trinajstić information content (AvgIpc) is 2.40. The van der Waals surface area contributed by atoms with Crippen molar-refractivity contribution < 1.29 is 9.53 Å². The molecule has 0 radical (unpaired) electrons. The van der Waals surface area contributed by atoms with Crippen molar-refractivity contribution in [1.29, 1.82) is 0 Å². The van der Waals surface area contributed by atoms with E-state index < -0.39 is 5.60 Å². The highest BCUT2D eigenvalue weighted by molar-refractivity contribution is 6.30. The minimum absolute atomic E-state index is 0.370. The van der Waals surface area contributed by atoms with Crippen molar-refractivity contribution in [2.45, 2.75) is 38.3 Å². The molecule has 1 aromatic carbocycles. The van der Waals surface area contributed by atoms with Crippen LogP contribution in [-0.2, 0) is 10.3 Å². The van der Waals surface area contributed by atoms with Crippen molar-refractivity contribution in [1.82, 2.24) is 4.90 Å². The lowest BCUT2D eigenvalue weighted by Gasteiger charge is -2.46. The maximum atomic E-state index is 11.9. The van der Waals surface area contributed by atoms with Gasteiger partial charge in [0.15, 0.2) is 5.60 Å². The summed E-state index contributed by atoms with van der Waals surface area (Å²) in [5, 5.41) is 3.44. The number of rotatable bonds is 1. The monoisotopic (exact) mass is 294 g/mol. The molecule has 3 rings (SSSR count). The van der Waals surface area contributed by atoms with Crippen molar-refractivity contribution in [3.8, 4) is 0 Å². The second kappa shape index (κ2) is 4.93. The summed E-state index contributed by atoms with van der Waals surface area (Å²) in [6.07, 6.45) is 1.49. The fourth-order valence-corrected chi connectivity index (χ4v) is 3.34. The van der Waals surface area contributed by atoms with Crippen LogP contribution in [0.15, 0.2) is 18.2 Å². The SMILES string of the molecule is CC(C)N1CCCC2(C1)OC(=O)Nc1ccc(Cl)cc12. The number of amides is 1. The lowest BCUT2D eigenvalue weighted by molar-refractivity contribution is -0.0535. The van der Waals surface area contributed by atoms with E-state index in [1.165, 1.54) is 0 Å². The van der Waals surface area contributed by atoms with E-state index in [0.29, 0.717) is 11.1 Å². The topological polar surface area (TPSA) is 41.6 Å². The number of benzene rings is 1. The molecule has 1 N–H and O–H groups in total. The lowest BCUT2D eigenvalue weighted by atomic mass is 9.83. The molecule has 1 spiro atoms. The van der Waals surface area contributed by atoms with E-state index in [-0.39, 0.29) is 6.09 Å². The van der Waals surface area contributed by atoms with Crippen LogP contribution in [0.1, 0.15) is 32.3 Å². The highest BCUT2D eigenvalue weighted by Gasteiger charge is 2.45. The summed E-state index contributed by atoms with van der Waals surface area (Å²) in [6.45, 7) is 6.10. The smallest absolute Gasteiger partial charge is 0.412 e. The van der Waals surface area contributed by atoms with Gasteiger partial charge in [-0.15, -0.1) is 0 Å². The normalized spacial score (nSPS) is 26.3. The number of nitrogens with one attached hydrogen (secondary N) is 1. The molecular formula is C15H19ClN2O2. The molecule has 20 heavy (non-hydrogen) atoms. The first-order valence-electron chi connectivity index (χ1n) is 7.04. The number of nitrogens with zero attached hydrogens (tertiary/aromatic N) is 1. The number of carbonyl (C=O) groups is 1. The van der Waals surface area contributed by atoms with Crippen LogP contribution in [0.4, 0.5) is 10.5 Å². The number of likely N-dealkylation sites (tertiary alicyclic amines) is 1. The molecule has 2 aliphatic heterocycles. The molecule has 1 saturated heterocycles. The number of hydrogen-bond acceptors (Lipinski definition) is 3. The van der Waals surface area contributed by atoms with E-state index >= 15 is 0 Å². The second-order valence-electron chi connectivity index (χ2n) is 5.87. The van der Waals surface area contributed by atoms with Gasteiger partial charge in [0.05, 0.1) is 5.69 Å². The molecule has 108 valence electrons. The Hall–Kier alpha value is -1.26. The maximum absolute atomic E-state index is 11.9. The van der Waals surface area contributed by atoms with Crippen LogP contribution in [0, 0.1) is 0 Å². The summed E-state index contributed by atoms with van der Waals surface area (Å²) in [4.78, 5) is 14.2. The Morgan fingerprint density at radius 2 is 2.25 bits per heavy atom. The first-order chi connectivity index (χ1) is 9.50. The third kappa shape index (κ3) is 2.27. The average molecular weight is 295 g/mol. The van der Waals surface area contributed by atoms with Gasteiger partial charge in [-0.2, -0.15) is 0 Å². The van der Waals surface area contributed by atoms with Crippen LogP contribution < -0.4 is 5.32 Å². The molecule has 1 fully saturated rings. The van der Waals surface area contributed by atoms with Crippen LogP contribution in [0.25, 0.3) is 0 Å². The zero-order chi connectivity index (χ0) is 14.3. The number of halogens is 1. The van der Waals surface area contributed by atoms with Crippen LogP contribution in [0.5, 0.6) is 0 Å². The van der Waals surface area contributed by atoms with Gasteiger partial charge in [-0.1, -0.05) is 11.6 Å². The molecule has 1 aromatic rings. The van der Waals surface area contributed by atoms with Gasteiger partial charge in [-0.25, -0.2) is 4.79 Å². The lowest BCUT2D eigenvalue weighted by Crippen LogP contribution is -2.53. The van der Waals surface area contributed by atoms with Gasteiger partial charge < -0.3 is 4.74 Å². The molecule has 4 nitrogen and oxygen atoms in total. The number of fused-ring (bicyclic) bond motifs is 2. The molecule has 1 amide bonds. The van der Waals surface area contributed by atoms with Gasteiger partial charge in [-0.05, 0) is 51.4 Å². The van der Waals surface area contributed by atoms with Gasteiger partial charge in [0.1, 0.15) is 0 Å². The molecule has 0 saturated carbocycles. The highest BCUT2D eigenvalue weighted by Crippen LogP contribution is 2.43. The molecule has 0 bridgehead atoms. The van der Waals surface area contributed by atoms with Crippen LogP contribution in [0.3, 0.4) is 0 Å². The Kier molecular flexibility index (Phi) is 3.38. The highest BCUT2D eigenvalue weighted by atomic mass is 35.5. The largest absolute Gasteiger partial charge is 0.436 e. The molecule has 2 aliphatic rings. The fraction of sp³-hybridized carbons (Fsp3) is 0.533. The van der Waals surface area contributed by atoms with Crippen LogP contribution in [0.2, 0.25) is 5.02 Å². The predicted molar refractivity (Wildman–Crippen MR) is 79.2 cm³/mol. The summed E-state index contributed by atoms with van der Waals surface area (Å²) < 4.78 is 5.73. The van der Waals surface area contributed by atoms with E-state index in [0.717, 1.165) is 37.2 Å². The first-order valence-corrected chi connectivity index (χ1v) is 7.42. The Morgan fingerprint density at radius 1 is 1.45 bits per heavy atom. The Labute approximate surface area is 124 Å². The first kappa shape index (κ1) is 13.7. The molecule has 5 heteroatoms. The summed E-state index contributed by atoms with van der Waals surface area (Å²) in [6, 6.07) is 6.00. The van der Waals surface area contributed by atoms with Crippen molar-refractivity contribution in [3.63, 3.8) is 0 Å². The van der Waals surface area contributed by atoms with Gasteiger partial charge in [0.2, 0.25) is 0 Å². The number of hydrogen-bond donors (Lipinski definition) is 1. The van der Waals surface area contributed by atoms with Crippen molar-refractivity contribution in [2.75, 3.05) is 18.4 Å². The number of anilines is 1. The number of piperidine rings is 1. The van der Waals surface area contributed by atoms with E-state index in [1.807, 2.05) is 12.1 Å². The molecule has 2 heterocycles. The molecular weight excluding hydrogens is 276 g/mol. The van der Waals surface area contributed by atoms with Gasteiger partial charge in [0.25, 0.3) is 0 Å². The van der Waals surface area contributed by atoms with Crippen molar-refractivity contribution >= 4 is 23.4 Å². The number of ether oxygens (including phenoxy) is 1.